The number of alkyl halides is 2. The number of hydrogen-bond acceptors (Lipinski definition) is 6. The Morgan fingerprint density at radius 2 is 2.00 bits per heavy atom. The number of nitrogens with zero attached hydrogens (tertiary/aromatic N) is 4. The Morgan fingerprint density at radius 1 is 1.19 bits per heavy atom. The van der Waals surface area contributed by atoms with Gasteiger partial charge in [0.05, 0.1) is 12.1 Å². The number of rotatable bonds is 5. The van der Waals surface area contributed by atoms with Gasteiger partial charge in [-0.05, 0) is 25.1 Å². The maximum absolute atomic E-state index is 14.1. The van der Waals surface area contributed by atoms with E-state index < -0.39 is 12.5 Å². The summed E-state index contributed by atoms with van der Waals surface area (Å²) in [6, 6.07) is 4.35. The molecule has 0 atom stereocenters. The highest BCUT2D eigenvalue weighted by Gasteiger charge is 2.33. The number of nitrogens with one attached hydrogen (secondary N) is 2. The predicted molar refractivity (Wildman–Crippen MR) is 92.0 cm³/mol. The SMILES string of the molecule is O=C(c1cnc(NCC(F)(F)c2ccccn2)nc1)N1CCCNCC1. The second-order valence-electron chi connectivity index (χ2n) is 5.96. The van der Waals surface area contributed by atoms with E-state index >= 15 is 0 Å². The van der Waals surface area contributed by atoms with Gasteiger partial charge in [-0.25, -0.2) is 9.97 Å². The number of hydrogen-bond donors (Lipinski definition) is 2. The third kappa shape index (κ3) is 4.48. The van der Waals surface area contributed by atoms with E-state index in [9.17, 15) is 13.6 Å². The van der Waals surface area contributed by atoms with Crippen LogP contribution in [0.2, 0.25) is 0 Å². The van der Waals surface area contributed by atoms with Crippen molar-refractivity contribution in [2.75, 3.05) is 38.0 Å². The van der Waals surface area contributed by atoms with E-state index in [2.05, 4.69) is 25.6 Å². The van der Waals surface area contributed by atoms with Crippen LogP contribution in [-0.4, -0.2) is 58.5 Å². The zero-order valence-electron chi connectivity index (χ0n) is 14.2. The molecule has 3 heterocycles. The maximum atomic E-state index is 14.1. The normalized spacial score (nSPS) is 15.4. The van der Waals surface area contributed by atoms with Crippen LogP contribution in [-0.2, 0) is 5.92 Å². The zero-order valence-corrected chi connectivity index (χ0v) is 14.2. The molecule has 1 aliphatic heterocycles. The monoisotopic (exact) mass is 362 g/mol. The predicted octanol–water partition coefficient (Wildman–Crippen LogP) is 1.51. The molecule has 0 spiro atoms. The Kier molecular flexibility index (Phi) is 5.67. The topological polar surface area (TPSA) is 83.0 Å². The molecule has 0 bridgehead atoms. The van der Waals surface area contributed by atoms with E-state index in [1.807, 2.05) is 0 Å². The molecule has 26 heavy (non-hydrogen) atoms. The van der Waals surface area contributed by atoms with E-state index in [4.69, 9.17) is 0 Å². The summed E-state index contributed by atoms with van der Waals surface area (Å²) in [5.74, 6) is -3.27. The van der Waals surface area contributed by atoms with Gasteiger partial charge in [-0.1, -0.05) is 6.07 Å². The van der Waals surface area contributed by atoms with Gasteiger partial charge in [-0.3, -0.25) is 9.78 Å². The number of carbonyl (C=O) groups excluding carboxylic acids is 1. The average molecular weight is 362 g/mol. The molecular formula is C17H20F2N6O. The van der Waals surface area contributed by atoms with E-state index in [0.717, 1.165) is 19.5 Å². The number of pyridine rings is 1. The minimum Gasteiger partial charge on any atom is -0.348 e. The van der Waals surface area contributed by atoms with Crippen LogP contribution < -0.4 is 10.6 Å². The van der Waals surface area contributed by atoms with E-state index in [1.165, 1.54) is 30.7 Å². The first-order chi connectivity index (χ1) is 12.6. The Bertz CT molecular complexity index is 718. The summed E-state index contributed by atoms with van der Waals surface area (Å²) in [6.45, 7) is 2.23. The Hall–Kier alpha value is -2.68. The molecule has 0 unspecified atom stereocenters. The lowest BCUT2D eigenvalue weighted by atomic mass is 10.2. The molecule has 1 aliphatic rings. The third-order valence-corrected chi connectivity index (χ3v) is 4.03. The summed E-state index contributed by atoms with van der Waals surface area (Å²) < 4.78 is 28.2. The molecule has 3 rings (SSSR count). The fraction of sp³-hybridized carbons (Fsp3) is 0.412. The van der Waals surface area contributed by atoms with Gasteiger partial charge in [0.2, 0.25) is 5.95 Å². The van der Waals surface area contributed by atoms with Crippen LogP contribution in [0.15, 0.2) is 36.8 Å². The Balaban J connectivity index is 1.60. The highest BCUT2D eigenvalue weighted by atomic mass is 19.3. The summed E-state index contributed by atoms with van der Waals surface area (Å²) in [5.41, 5.74) is 0.0167. The molecule has 0 radical (unpaired) electrons. The molecule has 1 amide bonds. The molecule has 7 nitrogen and oxygen atoms in total. The molecule has 2 aromatic heterocycles. The second-order valence-corrected chi connectivity index (χ2v) is 5.96. The van der Waals surface area contributed by atoms with Crippen molar-refractivity contribution in [1.82, 2.24) is 25.2 Å². The quantitative estimate of drug-likeness (QED) is 0.839. The van der Waals surface area contributed by atoms with Crippen LogP contribution in [0.25, 0.3) is 0 Å². The van der Waals surface area contributed by atoms with Crippen LogP contribution >= 0.6 is 0 Å². The van der Waals surface area contributed by atoms with Crippen molar-refractivity contribution in [2.24, 2.45) is 0 Å². The van der Waals surface area contributed by atoms with Crippen molar-refractivity contribution in [2.45, 2.75) is 12.3 Å². The van der Waals surface area contributed by atoms with Gasteiger partial charge in [-0.15, -0.1) is 0 Å². The van der Waals surface area contributed by atoms with E-state index in [1.54, 1.807) is 11.0 Å². The molecule has 1 saturated heterocycles. The molecule has 0 saturated carbocycles. The minimum atomic E-state index is -3.15. The second kappa shape index (κ2) is 8.13. The van der Waals surface area contributed by atoms with Crippen molar-refractivity contribution < 1.29 is 13.6 Å². The highest BCUT2D eigenvalue weighted by molar-refractivity contribution is 5.93. The smallest absolute Gasteiger partial charge is 0.306 e. The highest BCUT2D eigenvalue weighted by Crippen LogP contribution is 2.25. The van der Waals surface area contributed by atoms with E-state index in [-0.39, 0.29) is 17.5 Å². The molecule has 0 aromatic carbocycles. The van der Waals surface area contributed by atoms with Crippen LogP contribution in [0.1, 0.15) is 22.5 Å². The maximum Gasteiger partial charge on any atom is 0.306 e. The molecule has 1 fully saturated rings. The van der Waals surface area contributed by atoms with Gasteiger partial charge in [0.25, 0.3) is 5.91 Å². The van der Waals surface area contributed by atoms with Gasteiger partial charge in [0.1, 0.15) is 5.69 Å². The molecule has 2 N–H and O–H groups in total. The van der Waals surface area contributed by atoms with Gasteiger partial charge in [-0.2, -0.15) is 8.78 Å². The van der Waals surface area contributed by atoms with Crippen LogP contribution in [0, 0.1) is 0 Å². The van der Waals surface area contributed by atoms with Crippen LogP contribution in [0.5, 0.6) is 0 Å². The summed E-state index contributed by atoms with van der Waals surface area (Å²) >= 11 is 0. The first kappa shape index (κ1) is 18.1. The van der Waals surface area contributed by atoms with Gasteiger partial charge >= 0.3 is 5.92 Å². The third-order valence-electron chi connectivity index (χ3n) is 4.03. The number of halogens is 2. The fourth-order valence-electron chi connectivity index (χ4n) is 2.62. The average Bonchev–Trinajstić information content (AvgIpc) is 2.96. The van der Waals surface area contributed by atoms with E-state index in [0.29, 0.717) is 18.7 Å². The number of carbonyl (C=O) groups is 1. The lowest BCUT2D eigenvalue weighted by molar-refractivity contribution is 0.00582. The first-order valence-electron chi connectivity index (χ1n) is 8.41. The molecule has 0 aliphatic carbocycles. The minimum absolute atomic E-state index is 0.0367. The lowest BCUT2D eigenvalue weighted by Gasteiger charge is -2.19. The summed E-state index contributed by atoms with van der Waals surface area (Å²) in [7, 11) is 0. The lowest BCUT2D eigenvalue weighted by Crippen LogP contribution is -2.34. The van der Waals surface area contributed by atoms with Gasteiger partial charge in [0.15, 0.2) is 0 Å². The van der Waals surface area contributed by atoms with Crippen LogP contribution in [0.3, 0.4) is 0 Å². The Labute approximate surface area is 149 Å². The zero-order chi connectivity index (χ0) is 18.4. The summed E-state index contributed by atoms with van der Waals surface area (Å²) in [6.07, 6.45) is 4.91. The largest absolute Gasteiger partial charge is 0.348 e. The van der Waals surface area contributed by atoms with Gasteiger partial charge in [0, 0.05) is 38.2 Å². The molecule has 9 heteroatoms. The van der Waals surface area contributed by atoms with Crippen molar-refractivity contribution in [1.29, 1.82) is 0 Å². The van der Waals surface area contributed by atoms with Crippen molar-refractivity contribution in [3.8, 4) is 0 Å². The molecular weight excluding hydrogens is 342 g/mol. The fourth-order valence-corrected chi connectivity index (χ4v) is 2.62. The molecule has 138 valence electrons. The summed E-state index contributed by atoms with van der Waals surface area (Å²) in [4.78, 5) is 25.8. The van der Waals surface area contributed by atoms with Crippen LogP contribution in [0.4, 0.5) is 14.7 Å². The van der Waals surface area contributed by atoms with Crippen molar-refractivity contribution in [3.05, 3.63) is 48.0 Å². The summed E-state index contributed by atoms with van der Waals surface area (Å²) in [5, 5.41) is 5.72. The van der Waals surface area contributed by atoms with Crippen molar-refractivity contribution >= 4 is 11.9 Å². The Morgan fingerprint density at radius 3 is 2.73 bits per heavy atom. The number of anilines is 1. The number of amides is 1. The van der Waals surface area contributed by atoms with Crippen molar-refractivity contribution in [3.63, 3.8) is 0 Å². The van der Waals surface area contributed by atoms with Gasteiger partial charge < -0.3 is 15.5 Å². The number of aromatic nitrogens is 3. The first-order valence-corrected chi connectivity index (χ1v) is 8.41. The molecule has 2 aromatic rings. The standard InChI is InChI=1S/C17H20F2N6O/c18-17(19,14-4-1-2-6-21-14)12-24-16-22-10-13(11-23-16)15(26)25-8-3-5-20-7-9-25/h1-2,4,6,10-11,20H,3,5,7-9,12H2,(H,22,23,24).